The Morgan fingerprint density at radius 1 is 1.29 bits per heavy atom. The summed E-state index contributed by atoms with van der Waals surface area (Å²) >= 11 is 0. The van der Waals surface area contributed by atoms with E-state index in [-0.39, 0.29) is 18.1 Å². The molecule has 1 saturated carbocycles. The number of rotatable bonds is 3. The van der Waals surface area contributed by atoms with E-state index in [0.717, 1.165) is 43.0 Å². The minimum Gasteiger partial charge on any atom is -0.454 e. The normalized spacial score (nSPS) is 28.5. The molecule has 2 heterocycles. The lowest BCUT2D eigenvalue weighted by atomic mass is 9.76. The lowest BCUT2D eigenvalue weighted by Gasteiger charge is -2.43. The van der Waals surface area contributed by atoms with Crippen molar-refractivity contribution in [3.63, 3.8) is 0 Å². The summed E-state index contributed by atoms with van der Waals surface area (Å²) < 4.78 is 16.5. The Balaban J connectivity index is 1.44. The molecule has 5 nitrogen and oxygen atoms in total. The van der Waals surface area contributed by atoms with Gasteiger partial charge in [0.05, 0.1) is 12.5 Å². The van der Waals surface area contributed by atoms with Crippen molar-refractivity contribution in [1.29, 1.82) is 0 Å². The van der Waals surface area contributed by atoms with E-state index in [1.54, 1.807) is 0 Å². The number of fused-ring (bicyclic) bond motifs is 1. The second kappa shape index (κ2) is 6.28. The fourth-order valence-electron chi connectivity index (χ4n) is 4.65. The molecule has 5 heteroatoms. The second-order valence-electron chi connectivity index (χ2n) is 7.26. The van der Waals surface area contributed by atoms with E-state index in [2.05, 4.69) is 0 Å². The van der Waals surface area contributed by atoms with Gasteiger partial charge in [0.1, 0.15) is 0 Å². The Morgan fingerprint density at radius 3 is 3.00 bits per heavy atom. The zero-order valence-corrected chi connectivity index (χ0v) is 14.3. The summed E-state index contributed by atoms with van der Waals surface area (Å²) in [5.41, 5.74) is 1.16. The minimum atomic E-state index is 0.178. The lowest BCUT2D eigenvalue weighted by Crippen LogP contribution is -2.50. The van der Waals surface area contributed by atoms with Crippen LogP contribution in [0.4, 0.5) is 0 Å². The molecule has 130 valence electrons. The summed E-state index contributed by atoms with van der Waals surface area (Å²) in [5.74, 6) is 1.71. The molecule has 2 fully saturated rings. The Bertz CT molecular complexity index is 632. The second-order valence-corrected chi connectivity index (χ2v) is 7.26. The van der Waals surface area contributed by atoms with Gasteiger partial charge in [-0.15, -0.1) is 0 Å². The van der Waals surface area contributed by atoms with Gasteiger partial charge in [-0.3, -0.25) is 4.79 Å². The van der Waals surface area contributed by atoms with E-state index in [0.29, 0.717) is 12.5 Å². The van der Waals surface area contributed by atoms with Crippen LogP contribution in [0.2, 0.25) is 0 Å². The molecule has 2 aliphatic heterocycles. The van der Waals surface area contributed by atoms with Gasteiger partial charge >= 0.3 is 0 Å². The third kappa shape index (κ3) is 2.75. The monoisotopic (exact) mass is 331 g/mol. The van der Waals surface area contributed by atoms with Crippen LogP contribution >= 0.6 is 0 Å². The fourth-order valence-corrected chi connectivity index (χ4v) is 4.65. The van der Waals surface area contributed by atoms with Crippen molar-refractivity contribution >= 4 is 5.91 Å². The van der Waals surface area contributed by atoms with E-state index < -0.39 is 0 Å². The van der Waals surface area contributed by atoms with Crippen LogP contribution in [0.15, 0.2) is 18.2 Å². The van der Waals surface area contributed by atoms with Gasteiger partial charge in [0.2, 0.25) is 12.7 Å². The summed E-state index contributed by atoms with van der Waals surface area (Å²) in [4.78, 5) is 14.9. The molecule has 3 aliphatic rings. The average Bonchev–Trinajstić information content (AvgIpc) is 3.21. The molecule has 0 bridgehead atoms. The van der Waals surface area contributed by atoms with E-state index in [1.807, 2.05) is 30.2 Å². The number of carbonyl (C=O) groups excluding carboxylic acids is 1. The van der Waals surface area contributed by atoms with Crippen molar-refractivity contribution in [3.8, 4) is 11.5 Å². The standard InChI is InChI=1S/C19H25NO4/c1-22-17-4-2-7-19(17)8-3-9-20(12-19)18(21)11-14-5-6-15-16(10-14)24-13-23-15/h5-6,10,17H,2-4,7-9,11-13H2,1H3/t17-,19-/m1/s1. The Morgan fingerprint density at radius 2 is 2.12 bits per heavy atom. The number of hydrogen-bond acceptors (Lipinski definition) is 4. The van der Waals surface area contributed by atoms with Gasteiger partial charge in [0.25, 0.3) is 0 Å². The highest BCUT2D eigenvalue weighted by Crippen LogP contribution is 2.46. The van der Waals surface area contributed by atoms with Crippen LogP contribution in [0.1, 0.15) is 37.7 Å². The molecule has 0 N–H and O–H groups in total. The first-order chi connectivity index (χ1) is 11.7. The molecule has 1 amide bonds. The molecule has 2 atom stereocenters. The summed E-state index contributed by atoms with van der Waals surface area (Å²) in [6.07, 6.45) is 6.50. The Labute approximate surface area is 142 Å². The van der Waals surface area contributed by atoms with E-state index >= 15 is 0 Å². The third-order valence-corrected chi connectivity index (χ3v) is 5.86. The van der Waals surface area contributed by atoms with Crippen LogP contribution in [0, 0.1) is 5.41 Å². The summed E-state index contributed by atoms with van der Waals surface area (Å²) in [5, 5.41) is 0. The highest BCUT2D eigenvalue weighted by Gasteiger charge is 2.46. The highest BCUT2D eigenvalue weighted by atomic mass is 16.7. The van der Waals surface area contributed by atoms with Crippen LogP contribution in [0.3, 0.4) is 0 Å². The molecule has 4 rings (SSSR count). The highest BCUT2D eigenvalue weighted by molar-refractivity contribution is 5.79. The number of benzene rings is 1. The molecule has 1 aromatic carbocycles. The van der Waals surface area contributed by atoms with E-state index in [1.165, 1.54) is 19.3 Å². The SMILES string of the molecule is CO[C@@H]1CCC[C@]12CCCN(C(=O)Cc1ccc3c(c1)OCO3)C2. The smallest absolute Gasteiger partial charge is 0.231 e. The van der Waals surface area contributed by atoms with Gasteiger partial charge in [-0.05, 0) is 43.4 Å². The maximum Gasteiger partial charge on any atom is 0.231 e. The zero-order chi connectivity index (χ0) is 16.6. The molecule has 24 heavy (non-hydrogen) atoms. The van der Waals surface area contributed by atoms with E-state index in [9.17, 15) is 4.79 Å². The average molecular weight is 331 g/mol. The van der Waals surface area contributed by atoms with Crippen molar-refractivity contribution in [3.05, 3.63) is 23.8 Å². The molecule has 1 saturated heterocycles. The molecule has 0 aromatic heterocycles. The van der Waals surface area contributed by atoms with Crippen molar-refractivity contribution < 1.29 is 19.0 Å². The summed E-state index contributed by atoms with van der Waals surface area (Å²) in [7, 11) is 1.81. The zero-order valence-electron chi connectivity index (χ0n) is 14.3. The van der Waals surface area contributed by atoms with Crippen LogP contribution in [-0.2, 0) is 16.0 Å². The largest absolute Gasteiger partial charge is 0.454 e. The number of piperidine rings is 1. The fraction of sp³-hybridized carbons (Fsp3) is 0.632. The number of ether oxygens (including phenoxy) is 3. The number of carbonyl (C=O) groups is 1. The van der Waals surface area contributed by atoms with Crippen LogP contribution in [0.25, 0.3) is 0 Å². The topological polar surface area (TPSA) is 48.0 Å². The van der Waals surface area contributed by atoms with Gasteiger partial charge < -0.3 is 19.1 Å². The van der Waals surface area contributed by atoms with Gasteiger partial charge in [-0.25, -0.2) is 0 Å². The van der Waals surface area contributed by atoms with Crippen LogP contribution in [0.5, 0.6) is 11.5 Å². The predicted molar refractivity (Wildman–Crippen MR) is 89.2 cm³/mol. The lowest BCUT2D eigenvalue weighted by molar-refractivity contribution is -0.136. The Hall–Kier alpha value is -1.75. The number of methoxy groups -OCH3 is 1. The predicted octanol–water partition coefficient (Wildman–Crippen LogP) is 2.77. The van der Waals surface area contributed by atoms with Gasteiger partial charge in [-0.1, -0.05) is 12.5 Å². The van der Waals surface area contributed by atoms with Crippen LogP contribution < -0.4 is 9.47 Å². The quantitative estimate of drug-likeness (QED) is 0.854. The van der Waals surface area contributed by atoms with Crippen molar-refractivity contribution in [2.75, 3.05) is 27.0 Å². The first kappa shape index (κ1) is 15.8. The molecular weight excluding hydrogens is 306 g/mol. The number of hydrogen-bond donors (Lipinski definition) is 0. The summed E-state index contributed by atoms with van der Waals surface area (Å²) in [6, 6.07) is 5.77. The molecule has 1 aromatic rings. The van der Waals surface area contributed by atoms with Crippen molar-refractivity contribution in [1.82, 2.24) is 4.90 Å². The minimum absolute atomic E-state index is 0.178. The maximum absolute atomic E-state index is 12.8. The molecule has 0 unspecified atom stereocenters. The summed E-state index contributed by atoms with van der Waals surface area (Å²) in [6.45, 7) is 1.97. The Kier molecular flexibility index (Phi) is 4.12. The molecule has 1 aliphatic carbocycles. The van der Waals surface area contributed by atoms with Gasteiger partial charge in [0.15, 0.2) is 11.5 Å². The third-order valence-electron chi connectivity index (χ3n) is 5.86. The van der Waals surface area contributed by atoms with Crippen LogP contribution in [-0.4, -0.2) is 43.9 Å². The molecule has 0 radical (unpaired) electrons. The van der Waals surface area contributed by atoms with Gasteiger partial charge in [0, 0.05) is 25.6 Å². The molecular formula is C19H25NO4. The van der Waals surface area contributed by atoms with Crippen molar-refractivity contribution in [2.45, 2.75) is 44.6 Å². The first-order valence-corrected chi connectivity index (χ1v) is 8.89. The van der Waals surface area contributed by atoms with Gasteiger partial charge in [-0.2, -0.15) is 0 Å². The first-order valence-electron chi connectivity index (χ1n) is 8.89. The number of amides is 1. The molecule has 1 spiro atoms. The van der Waals surface area contributed by atoms with Crippen molar-refractivity contribution in [2.24, 2.45) is 5.41 Å². The van der Waals surface area contributed by atoms with E-state index in [4.69, 9.17) is 14.2 Å². The number of likely N-dealkylation sites (tertiary alicyclic amines) is 1. The maximum atomic E-state index is 12.8. The number of nitrogens with zero attached hydrogens (tertiary/aromatic N) is 1.